The SMILES string of the molecule is C=NCc1nc(C)ccc1O. The third-order valence-electron chi connectivity index (χ3n) is 1.35. The number of rotatable bonds is 2. The lowest BCUT2D eigenvalue weighted by molar-refractivity contribution is 0.464. The van der Waals surface area contributed by atoms with Crippen LogP contribution < -0.4 is 0 Å². The molecular formula is C8H10N2O. The number of pyridine rings is 1. The van der Waals surface area contributed by atoms with Gasteiger partial charge in [0, 0.05) is 5.69 Å². The van der Waals surface area contributed by atoms with Crippen molar-refractivity contribution in [3.8, 4) is 5.75 Å². The molecule has 1 aromatic heterocycles. The second-order valence-electron chi connectivity index (χ2n) is 2.30. The Balaban J connectivity index is 3.01. The number of aromatic hydroxyl groups is 1. The van der Waals surface area contributed by atoms with Crippen molar-refractivity contribution in [2.45, 2.75) is 13.5 Å². The van der Waals surface area contributed by atoms with Gasteiger partial charge in [0.1, 0.15) is 11.4 Å². The second-order valence-corrected chi connectivity index (χ2v) is 2.30. The number of hydrogen-bond acceptors (Lipinski definition) is 3. The van der Waals surface area contributed by atoms with Gasteiger partial charge in [-0.3, -0.25) is 9.98 Å². The Morgan fingerprint density at radius 3 is 3.00 bits per heavy atom. The highest BCUT2D eigenvalue weighted by molar-refractivity contribution is 5.30. The Bertz CT molecular complexity index is 271. The summed E-state index contributed by atoms with van der Waals surface area (Å²) in [4.78, 5) is 7.71. The lowest BCUT2D eigenvalue weighted by Crippen LogP contribution is -1.90. The van der Waals surface area contributed by atoms with E-state index < -0.39 is 0 Å². The largest absolute Gasteiger partial charge is 0.506 e. The molecule has 0 amide bonds. The van der Waals surface area contributed by atoms with Gasteiger partial charge in [-0.15, -0.1) is 0 Å². The Kier molecular flexibility index (Phi) is 2.21. The molecule has 0 aromatic carbocycles. The first-order valence-electron chi connectivity index (χ1n) is 3.32. The number of nitrogens with zero attached hydrogens (tertiary/aromatic N) is 2. The molecule has 0 aliphatic rings. The highest BCUT2D eigenvalue weighted by Crippen LogP contribution is 2.14. The minimum atomic E-state index is 0.183. The molecule has 0 radical (unpaired) electrons. The number of hydrogen-bond donors (Lipinski definition) is 1. The van der Waals surface area contributed by atoms with E-state index in [4.69, 9.17) is 0 Å². The fourth-order valence-corrected chi connectivity index (χ4v) is 0.825. The molecule has 1 heterocycles. The van der Waals surface area contributed by atoms with Gasteiger partial charge in [-0.1, -0.05) is 0 Å². The highest BCUT2D eigenvalue weighted by atomic mass is 16.3. The van der Waals surface area contributed by atoms with Gasteiger partial charge in [-0.25, -0.2) is 0 Å². The van der Waals surface area contributed by atoms with Gasteiger partial charge < -0.3 is 5.11 Å². The second kappa shape index (κ2) is 3.14. The monoisotopic (exact) mass is 150 g/mol. The van der Waals surface area contributed by atoms with Gasteiger partial charge in [0.15, 0.2) is 0 Å². The predicted octanol–water partition coefficient (Wildman–Crippen LogP) is 1.30. The minimum Gasteiger partial charge on any atom is -0.506 e. The van der Waals surface area contributed by atoms with Crippen LogP contribution in [0, 0.1) is 6.92 Å². The van der Waals surface area contributed by atoms with Crippen molar-refractivity contribution in [3.63, 3.8) is 0 Å². The van der Waals surface area contributed by atoms with Crippen molar-refractivity contribution in [3.05, 3.63) is 23.5 Å². The summed E-state index contributed by atoms with van der Waals surface area (Å²) in [7, 11) is 0. The van der Waals surface area contributed by atoms with Crippen LogP contribution in [0.3, 0.4) is 0 Å². The molecule has 0 fully saturated rings. The van der Waals surface area contributed by atoms with E-state index in [1.807, 2.05) is 6.92 Å². The number of aromatic nitrogens is 1. The summed E-state index contributed by atoms with van der Waals surface area (Å²) in [5.74, 6) is 0.183. The van der Waals surface area contributed by atoms with Gasteiger partial charge in [-0.05, 0) is 25.8 Å². The Hall–Kier alpha value is -1.38. The third kappa shape index (κ3) is 1.77. The standard InChI is InChI=1S/C8H10N2O/c1-6-3-4-8(11)7(10-6)5-9-2/h3-4,11H,2,5H2,1H3. The van der Waals surface area contributed by atoms with Crippen LogP contribution in [0.5, 0.6) is 5.75 Å². The van der Waals surface area contributed by atoms with E-state index in [2.05, 4.69) is 16.7 Å². The van der Waals surface area contributed by atoms with Gasteiger partial charge >= 0.3 is 0 Å². The summed E-state index contributed by atoms with van der Waals surface area (Å²) in [5.41, 5.74) is 1.46. The molecule has 0 unspecified atom stereocenters. The van der Waals surface area contributed by atoms with Crippen LogP contribution in [0.15, 0.2) is 17.1 Å². The summed E-state index contributed by atoms with van der Waals surface area (Å²) < 4.78 is 0. The number of aliphatic imine (C=N–C) groups is 1. The molecule has 1 aromatic rings. The molecule has 0 saturated carbocycles. The Labute approximate surface area is 65.4 Å². The quantitative estimate of drug-likeness (QED) is 0.646. The zero-order valence-electron chi connectivity index (χ0n) is 6.41. The van der Waals surface area contributed by atoms with Crippen LogP contribution in [0.1, 0.15) is 11.4 Å². The average molecular weight is 150 g/mol. The predicted molar refractivity (Wildman–Crippen MR) is 43.9 cm³/mol. The summed E-state index contributed by atoms with van der Waals surface area (Å²) >= 11 is 0. The van der Waals surface area contributed by atoms with Crippen LogP contribution in [0.2, 0.25) is 0 Å². The van der Waals surface area contributed by atoms with E-state index in [1.165, 1.54) is 0 Å². The molecule has 0 aliphatic carbocycles. The van der Waals surface area contributed by atoms with Crippen LogP contribution >= 0.6 is 0 Å². The van der Waals surface area contributed by atoms with Crippen LogP contribution in [0.25, 0.3) is 0 Å². The third-order valence-corrected chi connectivity index (χ3v) is 1.35. The van der Waals surface area contributed by atoms with Gasteiger partial charge in [0.05, 0.1) is 6.54 Å². The molecular weight excluding hydrogens is 140 g/mol. The number of aryl methyl sites for hydroxylation is 1. The van der Waals surface area contributed by atoms with Crippen LogP contribution in [-0.2, 0) is 6.54 Å². The zero-order valence-corrected chi connectivity index (χ0v) is 6.41. The van der Waals surface area contributed by atoms with E-state index in [-0.39, 0.29) is 5.75 Å². The van der Waals surface area contributed by atoms with Crippen molar-refractivity contribution >= 4 is 6.72 Å². The first kappa shape index (κ1) is 7.72. The first-order valence-corrected chi connectivity index (χ1v) is 3.32. The van der Waals surface area contributed by atoms with E-state index in [0.29, 0.717) is 12.2 Å². The Morgan fingerprint density at radius 1 is 1.64 bits per heavy atom. The minimum absolute atomic E-state index is 0.183. The summed E-state index contributed by atoms with van der Waals surface area (Å²) in [6.45, 7) is 5.56. The smallest absolute Gasteiger partial charge is 0.139 e. The molecule has 0 atom stereocenters. The van der Waals surface area contributed by atoms with Crippen LogP contribution in [-0.4, -0.2) is 16.8 Å². The maximum absolute atomic E-state index is 9.22. The van der Waals surface area contributed by atoms with E-state index in [0.717, 1.165) is 5.69 Å². The molecule has 1 N–H and O–H groups in total. The molecule has 3 nitrogen and oxygen atoms in total. The van der Waals surface area contributed by atoms with Gasteiger partial charge in [-0.2, -0.15) is 0 Å². The topological polar surface area (TPSA) is 45.5 Å². The molecule has 11 heavy (non-hydrogen) atoms. The average Bonchev–Trinajstić information content (AvgIpc) is 1.98. The summed E-state index contributed by atoms with van der Waals surface area (Å²) in [6.07, 6.45) is 0. The lowest BCUT2D eigenvalue weighted by atomic mass is 10.3. The van der Waals surface area contributed by atoms with Crippen LogP contribution in [0.4, 0.5) is 0 Å². The van der Waals surface area contributed by atoms with Gasteiger partial charge in [0.2, 0.25) is 0 Å². The van der Waals surface area contributed by atoms with Crippen molar-refractivity contribution in [2.75, 3.05) is 0 Å². The van der Waals surface area contributed by atoms with E-state index in [1.54, 1.807) is 12.1 Å². The summed E-state index contributed by atoms with van der Waals surface area (Å²) in [6, 6.07) is 3.37. The lowest BCUT2D eigenvalue weighted by Gasteiger charge is -2.00. The van der Waals surface area contributed by atoms with Crippen molar-refractivity contribution in [1.29, 1.82) is 0 Å². The molecule has 0 bridgehead atoms. The molecule has 58 valence electrons. The fourth-order valence-electron chi connectivity index (χ4n) is 0.825. The Morgan fingerprint density at radius 2 is 2.36 bits per heavy atom. The maximum Gasteiger partial charge on any atom is 0.139 e. The van der Waals surface area contributed by atoms with E-state index >= 15 is 0 Å². The molecule has 0 aliphatic heterocycles. The summed E-state index contributed by atoms with van der Waals surface area (Å²) in [5, 5.41) is 9.22. The fraction of sp³-hybridized carbons (Fsp3) is 0.250. The van der Waals surface area contributed by atoms with Gasteiger partial charge in [0.25, 0.3) is 0 Å². The van der Waals surface area contributed by atoms with Crippen molar-refractivity contribution < 1.29 is 5.11 Å². The normalized spacial score (nSPS) is 9.55. The molecule has 0 spiro atoms. The highest BCUT2D eigenvalue weighted by Gasteiger charge is 1.99. The first-order chi connectivity index (χ1) is 5.24. The zero-order chi connectivity index (χ0) is 8.27. The molecule has 1 rings (SSSR count). The van der Waals surface area contributed by atoms with Crippen molar-refractivity contribution in [1.82, 2.24) is 4.98 Å². The van der Waals surface area contributed by atoms with Crippen molar-refractivity contribution in [2.24, 2.45) is 4.99 Å². The maximum atomic E-state index is 9.22. The molecule has 3 heteroatoms. The van der Waals surface area contributed by atoms with E-state index in [9.17, 15) is 5.11 Å². The molecule has 0 saturated heterocycles.